The fourth-order valence-electron chi connectivity index (χ4n) is 3.12. The Hall–Kier alpha value is -3.95. The van der Waals surface area contributed by atoms with Gasteiger partial charge >= 0.3 is 11.9 Å². The van der Waals surface area contributed by atoms with E-state index in [9.17, 15) is 14.4 Å². The Balaban J connectivity index is 1.55. The van der Waals surface area contributed by atoms with Crippen LogP contribution < -0.4 is 5.56 Å². The minimum atomic E-state index is -0.665. The first-order valence-corrected chi connectivity index (χ1v) is 9.20. The van der Waals surface area contributed by atoms with Crippen molar-refractivity contribution < 1.29 is 23.5 Å². The number of fused-ring (bicyclic) bond motifs is 2. The summed E-state index contributed by atoms with van der Waals surface area (Å²) >= 11 is 0. The fourth-order valence-corrected chi connectivity index (χ4v) is 3.12. The molecule has 0 unspecified atom stereocenters. The highest BCUT2D eigenvalue weighted by atomic mass is 16.5. The van der Waals surface area contributed by atoms with Crippen LogP contribution in [0, 0.1) is 0 Å². The van der Waals surface area contributed by atoms with Gasteiger partial charge in [-0.15, -0.1) is 0 Å². The molecule has 0 aliphatic heterocycles. The molecule has 0 atom stereocenters. The minimum Gasteiger partial charge on any atom is -0.460 e. The van der Waals surface area contributed by atoms with E-state index in [2.05, 4.69) is 10.1 Å². The van der Waals surface area contributed by atoms with Crippen molar-refractivity contribution in [2.45, 2.75) is 20.1 Å². The summed E-state index contributed by atoms with van der Waals surface area (Å²) in [7, 11) is 1.67. The molecule has 4 rings (SSSR count). The number of aryl methyl sites for hydroxylation is 1. The average molecular weight is 410 g/mol. The largest absolute Gasteiger partial charge is 0.460 e. The Labute approximate surface area is 169 Å². The summed E-state index contributed by atoms with van der Waals surface area (Å²) in [6.07, 6.45) is 2.67. The maximum absolute atomic E-state index is 12.5. The number of rotatable bonds is 6. The molecule has 0 saturated heterocycles. The molecule has 0 N–H and O–H groups in total. The van der Waals surface area contributed by atoms with Crippen LogP contribution in [0.1, 0.15) is 23.0 Å². The number of para-hydroxylation sites is 1. The molecule has 4 aromatic rings. The first kappa shape index (κ1) is 19.4. The number of carbonyl (C=O) groups excluding carboxylic acids is 2. The molecular formula is C20H18N4O6. The van der Waals surface area contributed by atoms with Crippen molar-refractivity contribution in [3.8, 4) is 0 Å². The van der Waals surface area contributed by atoms with Crippen molar-refractivity contribution >= 4 is 33.9 Å². The third kappa shape index (κ3) is 3.43. The van der Waals surface area contributed by atoms with Crippen LogP contribution in [0.3, 0.4) is 0 Å². The number of esters is 2. The molecule has 0 aliphatic carbocycles. The van der Waals surface area contributed by atoms with E-state index < -0.39 is 17.5 Å². The summed E-state index contributed by atoms with van der Waals surface area (Å²) in [5.74, 6) is -1.31. The second kappa shape index (κ2) is 7.82. The van der Waals surface area contributed by atoms with Gasteiger partial charge in [0, 0.05) is 12.4 Å². The van der Waals surface area contributed by atoms with Gasteiger partial charge < -0.3 is 13.9 Å². The van der Waals surface area contributed by atoms with Crippen molar-refractivity contribution in [3.63, 3.8) is 0 Å². The van der Waals surface area contributed by atoms with E-state index in [4.69, 9.17) is 13.9 Å². The first-order valence-electron chi connectivity index (χ1n) is 9.20. The molecule has 0 radical (unpaired) electrons. The lowest BCUT2D eigenvalue weighted by molar-refractivity contribution is -0.145. The number of aromatic nitrogens is 4. The van der Waals surface area contributed by atoms with Gasteiger partial charge in [0.05, 0.1) is 18.4 Å². The summed E-state index contributed by atoms with van der Waals surface area (Å²) in [6, 6.07) is 7.02. The van der Waals surface area contributed by atoms with Crippen molar-refractivity contribution in [1.82, 2.24) is 19.3 Å². The standard InChI is InChI=1S/C20H18N4O6/c1-3-28-20(27)17-14(12-6-4-5-7-15(12)30-17)10-29-16(25)9-24-11-21-18-13(19(24)26)8-22-23(18)2/h4-8,11H,3,9-10H2,1-2H3. The zero-order valence-electron chi connectivity index (χ0n) is 16.3. The molecule has 154 valence electrons. The van der Waals surface area contributed by atoms with Gasteiger partial charge in [0.25, 0.3) is 5.56 Å². The smallest absolute Gasteiger partial charge is 0.374 e. The van der Waals surface area contributed by atoms with Gasteiger partial charge in [-0.1, -0.05) is 18.2 Å². The minimum absolute atomic E-state index is 0.0125. The summed E-state index contributed by atoms with van der Waals surface area (Å²) < 4.78 is 18.6. The number of ether oxygens (including phenoxy) is 2. The lowest BCUT2D eigenvalue weighted by Crippen LogP contribution is -2.25. The maximum atomic E-state index is 12.5. The molecule has 0 saturated carbocycles. The van der Waals surface area contributed by atoms with Crippen LogP contribution in [-0.2, 0) is 34.5 Å². The Bertz CT molecular complexity index is 1320. The van der Waals surface area contributed by atoms with E-state index in [1.54, 1.807) is 38.2 Å². The fraction of sp³-hybridized carbons (Fsp3) is 0.250. The molecule has 3 heterocycles. The van der Waals surface area contributed by atoms with E-state index in [1.807, 2.05) is 0 Å². The third-order valence-electron chi connectivity index (χ3n) is 4.55. The Kier molecular flexibility index (Phi) is 5.05. The van der Waals surface area contributed by atoms with E-state index in [-0.39, 0.29) is 25.5 Å². The molecule has 3 aromatic heterocycles. The molecular weight excluding hydrogens is 392 g/mol. The Morgan fingerprint density at radius 2 is 1.97 bits per heavy atom. The predicted molar refractivity (Wildman–Crippen MR) is 105 cm³/mol. The van der Waals surface area contributed by atoms with Gasteiger partial charge in [0.15, 0.2) is 5.65 Å². The van der Waals surface area contributed by atoms with Crippen molar-refractivity contribution in [2.24, 2.45) is 7.05 Å². The molecule has 0 aliphatic rings. The van der Waals surface area contributed by atoms with Crippen molar-refractivity contribution in [1.29, 1.82) is 0 Å². The highest BCUT2D eigenvalue weighted by Gasteiger charge is 2.23. The molecule has 1 aromatic carbocycles. The molecule has 0 amide bonds. The first-order chi connectivity index (χ1) is 14.5. The number of hydrogen-bond donors (Lipinski definition) is 0. The third-order valence-corrected chi connectivity index (χ3v) is 4.55. The lowest BCUT2D eigenvalue weighted by atomic mass is 10.1. The van der Waals surface area contributed by atoms with E-state index in [1.165, 1.54) is 17.2 Å². The van der Waals surface area contributed by atoms with Crippen LogP contribution in [-0.4, -0.2) is 37.9 Å². The summed E-state index contributed by atoms with van der Waals surface area (Å²) in [5, 5.41) is 4.93. The second-order valence-electron chi connectivity index (χ2n) is 6.47. The number of benzene rings is 1. The number of nitrogens with zero attached hydrogens (tertiary/aromatic N) is 4. The van der Waals surface area contributed by atoms with Gasteiger partial charge in [0.1, 0.15) is 30.4 Å². The van der Waals surface area contributed by atoms with Crippen LogP contribution >= 0.6 is 0 Å². The summed E-state index contributed by atoms with van der Waals surface area (Å²) in [5.41, 5.74) is 0.916. The van der Waals surface area contributed by atoms with Gasteiger partial charge in [-0.2, -0.15) is 5.10 Å². The maximum Gasteiger partial charge on any atom is 0.374 e. The van der Waals surface area contributed by atoms with E-state index in [0.717, 1.165) is 4.57 Å². The SMILES string of the molecule is CCOC(=O)c1oc2ccccc2c1COC(=O)Cn1cnc2c(cnn2C)c1=O. The number of hydrogen-bond acceptors (Lipinski definition) is 8. The van der Waals surface area contributed by atoms with Crippen LogP contribution in [0.5, 0.6) is 0 Å². The van der Waals surface area contributed by atoms with Crippen LogP contribution in [0.2, 0.25) is 0 Å². The zero-order valence-corrected chi connectivity index (χ0v) is 16.3. The molecule has 10 nitrogen and oxygen atoms in total. The van der Waals surface area contributed by atoms with E-state index in [0.29, 0.717) is 27.6 Å². The molecule has 0 fully saturated rings. The highest BCUT2D eigenvalue weighted by molar-refractivity contribution is 5.96. The van der Waals surface area contributed by atoms with Crippen molar-refractivity contribution in [3.05, 3.63) is 58.5 Å². The predicted octanol–water partition coefficient (Wildman–Crippen LogP) is 1.80. The quantitative estimate of drug-likeness (QED) is 0.442. The second-order valence-corrected chi connectivity index (χ2v) is 6.47. The van der Waals surface area contributed by atoms with Gasteiger partial charge in [0.2, 0.25) is 5.76 Å². The van der Waals surface area contributed by atoms with Crippen LogP contribution in [0.25, 0.3) is 22.0 Å². The number of furan rings is 1. The molecule has 30 heavy (non-hydrogen) atoms. The molecule has 0 bridgehead atoms. The zero-order chi connectivity index (χ0) is 21.3. The summed E-state index contributed by atoms with van der Waals surface area (Å²) in [6.45, 7) is 1.33. The monoisotopic (exact) mass is 410 g/mol. The normalized spacial score (nSPS) is 11.1. The molecule has 10 heteroatoms. The van der Waals surface area contributed by atoms with Crippen LogP contribution in [0.15, 0.2) is 46.0 Å². The Morgan fingerprint density at radius 1 is 1.17 bits per heavy atom. The number of carbonyl (C=O) groups is 2. The van der Waals surface area contributed by atoms with E-state index >= 15 is 0 Å². The highest BCUT2D eigenvalue weighted by Crippen LogP contribution is 2.27. The lowest BCUT2D eigenvalue weighted by Gasteiger charge is -2.07. The molecule has 0 spiro atoms. The Morgan fingerprint density at radius 3 is 2.77 bits per heavy atom. The van der Waals surface area contributed by atoms with Gasteiger partial charge in [-0.25, -0.2) is 9.78 Å². The van der Waals surface area contributed by atoms with Gasteiger partial charge in [-0.3, -0.25) is 18.8 Å². The average Bonchev–Trinajstić information content (AvgIpc) is 3.30. The van der Waals surface area contributed by atoms with Crippen LogP contribution in [0.4, 0.5) is 0 Å². The topological polar surface area (TPSA) is 118 Å². The van der Waals surface area contributed by atoms with Gasteiger partial charge in [-0.05, 0) is 13.0 Å². The summed E-state index contributed by atoms with van der Waals surface area (Å²) in [4.78, 5) is 41.2. The van der Waals surface area contributed by atoms with Crippen molar-refractivity contribution in [2.75, 3.05) is 6.61 Å².